The van der Waals surface area contributed by atoms with Crippen molar-refractivity contribution in [3.63, 3.8) is 0 Å². The topological polar surface area (TPSA) is 51.1 Å². The Morgan fingerprint density at radius 2 is 1.53 bits per heavy atom. The van der Waals surface area contributed by atoms with Crippen LogP contribution in [0.1, 0.15) is 31.0 Å². The van der Waals surface area contributed by atoms with Crippen molar-refractivity contribution in [1.29, 1.82) is 0 Å². The minimum atomic E-state index is -3.75. The van der Waals surface area contributed by atoms with E-state index in [0.29, 0.717) is 23.7 Å². The minimum absolute atomic E-state index is 0.265. The Morgan fingerprint density at radius 3 is 2.20 bits per heavy atom. The monoisotopic (exact) mass is 482 g/mol. The predicted octanol–water partition coefficient (Wildman–Crippen LogP) is 6.38. The summed E-state index contributed by atoms with van der Waals surface area (Å²) in [6, 6.07) is 24.3. The maximum atomic E-state index is 13.5. The summed E-state index contributed by atoms with van der Waals surface area (Å²) >= 11 is 3.65. The van der Waals surface area contributed by atoms with Crippen LogP contribution < -0.4 is 5.32 Å². The van der Waals surface area contributed by atoms with Crippen molar-refractivity contribution in [2.24, 2.45) is 0 Å². The fraction of sp³-hybridized carbons (Fsp3) is 0.167. The van der Waals surface area contributed by atoms with Gasteiger partial charge < -0.3 is 5.32 Å². The minimum Gasteiger partial charge on any atom is -0.379 e. The molecule has 1 aromatic heterocycles. The molecule has 1 N–H and O–H groups in total. The molecular formula is C24H23BrN2O2S. The van der Waals surface area contributed by atoms with Crippen molar-refractivity contribution < 1.29 is 8.42 Å². The zero-order valence-electron chi connectivity index (χ0n) is 16.8. The van der Waals surface area contributed by atoms with Crippen LogP contribution in [0.25, 0.3) is 10.9 Å². The summed E-state index contributed by atoms with van der Waals surface area (Å²) in [5, 5.41) is 4.24. The Balaban J connectivity index is 1.78. The highest BCUT2D eigenvalue weighted by molar-refractivity contribution is 9.10. The number of nitrogens with one attached hydrogen (secondary N) is 1. The van der Waals surface area contributed by atoms with Gasteiger partial charge in [0, 0.05) is 15.5 Å². The molecule has 0 aliphatic heterocycles. The highest BCUT2D eigenvalue weighted by atomic mass is 79.9. The zero-order chi connectivity index (χ0) is 21.3. The van der Waals surface area contributed by atoms with E-state index in [4.69, 9.17) is 0 Å². The second-order valence-electron chi connectivity index (χ2n) is 7.49. The molecule has 0 unspecified atom stereocenters. The van der Waals surface area contributed by atoms with Gasteiger partial charge in [-0.1, -0.05) is 62.4 Å². The Morgan fingerprint density at radius 1 is 0.900 bits per heavy atom. The number of benzene rings is 3. The van der Waals surface area contributed by atoms with E-state index in [1.54, 1.807) is 24.3 Å². The van der Waals surface area contributed by atoms with E-state index in [2.05, 4.69) is 47.2 Å². The fourth-order valence-electron chi connectivity index (χ4n) is 3.52. The van der Waals surface area contributed by atoms with Crippen LogP contribution in [0.5, 0.6) is 0 Å². The lowest BCUT2D eigenvalue weighted by atomic mass is 10.0. The molecule has 0 saturated heterocycles. The number of rotatable bonds is 6. The lowest BCUT2D eigenvalue weighted by Crippen LogP contribution is -2.17. The van der Waals surface area contributed by atoms with Gasteiger partial charge in [0.05, 0.1) is 22.7 Å². The molecule has 0 atom stereocenters. The molecule has 0 bridgehead atoms. The summed E-state index contributed by atoms with van der Waals surface area (Å²) in [6.07, 6.45) is 0. The Labute approximate surface area is 185 Å². The van der Waals surface area contributed by atoms with Crippen molar-refractivity contribution in [3.8, 4) is 0 Å². The molecule has 0 saturated carbocycles. The van der Waals surface area contributed by atoms with Crippen LogP contribution in [0.2, 0.25) is 0 Å². The van der Waals surface area contributed by atoms with Gasteiger partial charge in [0.2, 0.25) is 0 Å². The number of para-hydroxylation sites is 1. The number of halogens is 1. The van der Waals surface area contributed by atoms with E-state index < -0.39 is 10.0 Å². The Bertz CT molecular complexity index is 1280. The fourth-order valence-corrected chi connectivity index (χ4v) is 5.87. The summed E-state index contributed by atoms with van der Waals surface area (Å²) in [5.74, 6) is 0.465. The van der Waals surface area contributed by atoms with E-state index in [9.17, 15) is 8.42 Å². The average molecular weight is 483 g/mol. The number of hydrogen-bond acceptors (Lipinski definition) is 3. The van der Waals surface area contributed by atoms with E-state index in [1.165, 1.54) is 9.54 Å². The standard InChI is InChI=1S/C24H23BrN2O2S/c1-17(2)18-12-14-19(15-13-18)26-16-23-24(25)21-10-6-7-11-22(21)27(23)30(28,29)20-8-4-3-5-9-20/h3-15,17,26H,16H2,1-2H3. The quantitative estimate of drug-likeness (QED) is 0.347. The second-order valence-corrected chi connectivity index (χ2v) is 10.1. The molecule has 0 amide bonds. The largest absolute Gasteiger partial charge is 0.379 e. The van der Waals surface area contributed by atoms with Crippen LogP contribution in [0.4, 0.5) is 5.69 Å². The zero-order valence-corrected chi connectivity index (χ0v) is 19.2. The van der Waals surface area contributed by atoms with E-state index in [-0.39, 0.29) is 4.90 Å². The Kier molecular flexibility index (Phi) is 5.71. The van der Waals surface area contributed by atoms with E-state index in [1.807, 2.05) is 42.5 Å². The number of fused-ring (bicyclic) bond motifs is 1. The van der Waals surface area contributed by atoms with Gasteiger partial charge >= 0.3 is 0 Å². The highest BCUT2D eigenvalue weighted by Crippen LogP contribution is 2.34. The van der Waals surface area contributed by atoms with Gasteiger partial charge in [-0.05, 0) is 57.7 Å². The lowest BCUT2D eigenvalue weighted by Gasteiger charge is -2.14. The predicted molar refractivity (Wildman–Crippen MR) is 127 cm³/mol. The number of anilines is 1. The van der Waals surface area contributed by atoms with Gasteiger partial charge in [-0.3, -0.25) is 0 Å². The van der Waals surface area contributed by atoms with Gasteiger partial charge in [0.25, 0.3) is 10.0 Å². The number of aromatic nitrogens is 1. The summed E-state index contributed by atoms with van der Waals surface area (Å²) in [7, 11) is -3.75. The van der Waals surface area contributed by atoms with Crippen molar-refractivity contribution in [2.75, 3.05) is 5.32 Å². The molecule has 1 heterocycles. The summed E-state index contributed by atoms with van der Waals surface area (Å²) < 4.78 is 29.3. The third kappa shape index (κ3) is 3.77. The number of hydrogen-bond donors (Lipinski definition) is 1. The van der Waals surface area contributed by atoms with E-state index >= 15 is 0 Å². The van der Waals surface area contributed by atoms with Gasteiger partial charge in [0.1, 0.15) is 0 Å². The smallest absolute Gasteiger partial charge is 0.268 e. The van der Waals surface area contributed by atoms with Gasteiger partial charge in [-0.25, -0.2) is 12.4 Å². The normalized spacial score (nSPS) is 11.9. The molecule has 4 aromatic rings. The second kappa shape index (κ2) is 8.28. The molecule has 0 fully saturated rings. The van der Waals surface area contributed by atoms with Crippen molar-refractivity contribution in [2.45, 2.75) is 31.2 Å². The van der Waals surface area contributed by atoms with Crippen LogP contribution in [0.15, 0.2) is 88.2 Å². The molecule has 0 aliphatic rings. The lowest BCUT2D eigenvalue weighted by molar-refractivity contribution is 0.587. The molecule has 4 nitrogen and oxygen atoms in total. The van der Waals surface area contributed by atoms with Gasteiger partial charge in [-0.2, -0.15) is 0 Å². The SMILES string of the molecule is CC(C)c1ccc(NCc2c(Br)c3ccccc3n2S(=O)(=O)c2ccccc2)cc1. The maximum Gasteiger partial charge on any atom is 0.268 e. The third-order valence-electron chi connectivity index (χ3n) is 5.18. The first-order chi connectivity index (χ1) is 14.4. The van der Waals surface area contributed by atoms with Crippen LogP contribution in [-0.2, 0) is 16.6 Å². The van der Waals surface area contributed by atoms with Crippen LogP contribution in [0.3, 0.4) is 0 Å². The first-order valence-corrected chi connectivity index (χ1v) is 12.0. The van der Waals surface area contributed by atoms with Crippen molar-refractivity contribution in [3.05, 3.63) is 94.6 Å². The molecule has 3 aromatic carbocycles. The molecule has 0 spiro atoms. The average Bonchev–Trinajstić information content (AvgIpc) is 3.05. The summed E-state index contributed by atoms with van der Waals surface area (Å²) in [4.78, 5) is 0.265. The summed E-state index contributed by atoms with van der Waals surface area (Å²) in [5.41, 5.74) is 3.52. The molecule has 30 heavy (non-hydrogen) atoms. The first kappa shape index (κ1) is 20.7. The number of nitrogens with zero attached hydrogens (tertiary/aromatic N) is 1. The maximum absolute atomic E-state index is 13.5. The molecule has 0 radical (unpaired) electrons. The molecule has 0 aliphatic carbocycles. The van der Waals surface area contributed by atoms with Crippen molar-refractivity contribution in [1.82, 2.24) is 3.97 Å². The van der Waals surface area contributed by atoms with E-state index in [0.717, 1.165) is 15.5 Å². The Hall–Kier alpha value is -2.57. The van der Waals surface area contributed by atoms with Crippen LogP contribution in [-0.4, -0.2) is 12.4 Å². The van der Waals surface area contributed by atoms with Crippen molar-refractivity contribution >= 4 is 42.5 Å². The van der Waals surface area contributed by atoms with Crippen LogP contribution in [0, 0.1) is 0 Å². The molecular weight excluding hydrogens is 460 g/mol. The summed E-state index contributed by atoms with van der Waals surface area (Å²) in [6.45, 7) is 4.68. The first-order valence-electron chi connectivity index (χ1n) is 9.82. The molecule has 6 heteroatoms. The molecule has 154 valence electrons. The van der Waals surface area contributed by atoms with Crippen LogP contribution >= 0.6 is 15.9 Å². The molecule has 4 rings (SSSR count). The third-order valence-corrected chi connectivity index (χ3v) is 7.83. The highest BCUT2D eigenvalue weighted by Gasteiger charge is 2.25. The van der Waals surface area contributed by atoms with Gasteiger partial charge in [0.15, 0.2) is 0 Å². The van der Waals surface area contributed by atoms with Gasteiger partial charge in [-0.15, -0.1) is 0 Å².